The fraction of sp³-hybridized carbons (Fsp3) is 0.769. The number of amides is 2. The second-order valence-electron chi connectivity index (χ2n) is 4.58. The molecule has 0 rings (SSSR count). The highest BCUT2D eigenvalue weighted by atomic mass is 32.2. The first-order valence-corrected chi connectivity index (χ1v) is 8.50. The Bertz CT molecular complexity index is 364. The first-order chi connectivity index (χ1) is 10.5. The van der Waals surface area contributed by atoms with Gasteiger partial charge in [-0.3, -0.25) is 14.6 Å². The minimum Gasteiger partial charge on any atom is -0.370 e. The van der Waals surface area contributed by atoms with Crippen LogP contribution in [0.2, 0.25) is 0 Å². The monoisotopic (exact) mass is 332 g/mol. The van der Waals surface area contributed by atoms with E-state index in [1.54, 1.807) is 7.05 Å². The molecule has 0 radical (unpaired) electrons. The highest BCUT2D eigenvalue weighted by molar-refractivity contribution is 7.99. The largest absolute Gasteiger partial charge is 0.370 e. The van der Waals surface area contributed by atoms with Gasteiger partial charge in [0, 0.05) is 32.4 Å². The third kappa shape index (κ3) is 11.2. The van der Waals surface area contributed by atoms with Gasteiger partial charge in [0.15, 0.2) is 5.96 Å². The predicted molar refractivity (Wildman–Crippen MR) is 91.8 cm³/mol. The van der Waals surface area contributed by atoms with Crippen molar-refractivity contribution in [2.24, 2.45) is 16.5 Å². The maximum Gasteiger partial charge on any atom is 0.236 e. The molecule has 0 fully saturated rings. The van der Waals surface area contributed by atoms with Crippen molar-refractivity contribution >= 4 is 29.5 Å². The number of carbonyl (C=O) groups excluding carboxylic acids is 2. The van der Waals surface area contributed by atoms with E-state index in [9.17, 15) is 9.59 Å². The number of nitrogens with one attached hydrogen (secondary N) is 3. The molecule has 0 bridgehead atoms. The zero-order valence-electron chi connectivity index (χ0n) is 13.4. The van der Waals surface area contributed by atoms with Crippen LogP contribution in [0.1, 0.15) is 19.8 Å². The van der Waals surface area contributed by atoms with E-state index >= 15 is 0 Å². The normalized spacial score (nSPS) is 12.6. The molecule has 0 heterocycles. The molecule has 0 spiro atoms. The van der Waals surface area contributed by atoms with Crippen molar-refractivity contribution in [3.05, 3.63) is 0 Å². The zero-order chi connectivity index (χ0) is 16.8. The Balaban J connectivity index is 3.60. The van der Waals surface area contributed by atoms with Crippen LogP contribution < -0.4 is 27.4 Å². The SMILES string of the molecule is CCNC(=O)CSCCNC(=O)C(N)CCCNC(N)=NC. The highest BCUT2D eigenvalue weighted by Crippen LogP contribution is 1.98. The summed E-state index contributed by atoms with van der Waals surface area (Å²) in [5, 5.41) is 8.38. The van der Waals surface area contributed by atoms with E-state index in [0.29, 0.717) is 43.5 Å². The number of aliphatic imine (C=N–C) groups is 1. The van der Waals surface area contributed by atoms with E-state index in [1.807, 2.05) is 6.92 Å². The second kappa shape index (κ2) is 13.2. The van der Waals surface area contributed by atoms with Gasteiger partial charge in [0.25, 0.3) is 0 Å². The predicted octanol–water partition coefficient (Wildman–Crippen LogP) is -1.39. The molecule has 0 aromatic heterocycles. The van der Waals surface area contributed by atoms with Crippen LogP contribution in [-0.2, 0) is 9.59 Å². The molecule has 0 saturated carbocycles. The maximum absolute atomic E-state index is 11.7. The topological polar surface area (TPSA) is 135 Å². The van der Waals surface area contributed by atoms with E-state index < -0.39 is 6.04 Å². The van der Waals surface area contributed by atoms with Gasteiger partial charge in [-0.15, -0.1) is 0 Å². The zero-order valence-corrected chi connectivity index (χ0v) is 14.2. The number of hydrogen-bond donors (Lipinski definition) is 5. The third-order valence-electron chi connectivity index (χ3n) is 2.73. The van der Waals surface area contributed by atoms with Crippen LogP contribution in [0.5, 0.6) is 0 Å². The molecule has 2 amide bonds. The van der Waals surface area contributed by atoms with E-state index in [1.165, 1.54) is 11.8 Å². The second-order valence-corrected chi connectivity index (χ2v) is 5.69. The smallest absolute Gasteiger partial charge is 0.236 e. The number of carbonyl (C=O) groups is 2. The number of nitrogens with two attached hydrogens (primary N) is 2. The van der Waals surface area contributed by atoms with E-state index in [2.05, 4.69) is 20.9 Å². The van der Waals surface area contributed by atoms with Crippen molar-refractivity contribution in [3.8, 4) is 0 Å². The third-order valence-corrected chi connectivity index (χ3v) is 3.69. The lowest BCUT2D eigenvalue weighted by Crippen LogP contribution is -2.42. The van der Waals surface area contributed by atoms with Gasteiger partial charge in [0.05, 0.1) is 11.8 Å². The van der Waals surface area contributed by atoms with Crippen LogP contribution in [0.4, 0.5) is 0 Å². The van der Waals surface area contributed by atoms with Gasteiger partial charge in [-0.1, -0.05) is 0 Å². The Morgan fingerprint density at radius 3 is 2.59 bits per heavy atom. The van der Waals surface area contributed by atoms with Crippen LogP contribution in [0.15, 0.2) is 4.99 Å². The van der Waals surface area contributed by atoms with Gasteiger partial charge in [-0.05, 0) is 19.8 Å². The van der Waals surface area contributed by atoms with Crippen LogP contribution in [0.3, 0.4) is 0 Å². The molecule has 0 aromatic carbocycles. The molecule has 1 atom stereocenters. The average molecular weight is 332 g/mol. The van der Waals surface area contributed by atoms with Crippen LogP contribution >= 0.6 is 11.8 Å². The number of nitrogens with zero attached hydrogens (tertiary/aromatic N) is 1. The van der Waals surface area contributed by atoms with Gasteiger partial charge < -0.3 is 27.4 Å². The molecular formula is C13H28N6O2S. The van der Waals surface area contributed by atoms with Gasteiger partial charge in [-0.25, -0.2) is 0 Å². The first kappa shape index (κ1) is 20.5. The van der Waals surface area contributed by atoms with Gasteiger partial charge in [0.1, 0.15) is 0 Å². The van der Waals surface area contributed by atoms with Crippen LogP contribution in [-0.4, -0.2) is 62.0 Å². The average Bonchev–Trinajstić information content (AvgIpc) is 2.50. The number of guanidine groups is 1. The van der Waals surface area contributed by atoms with Gasteiger partial charge in [0.2, 0.25) is 11.8 Å². The molecule has 0 aliphatic heterocycles. The lowest BCUT2D eigenvalue weighted by molar-refractivity contribution is -0.122. The molecule has 0 saturated heterocycles. The molecular weight excluding hydrogens is 304 g/mol. The van der Waals surface area contributed by atoms with Crippen molar-refractivity contribution in [1.82, 2.24) is 16.0 Å². The fourth-order valence-corrected chi connectivity index (χ4v) is 2.22. The molecule has 0 aromatic rings. The Hall–Kier alpha value is -1.48. The maximum atomic E-state index is 11.7. The van der Waals surface area contributed by atoms with Crippen LogP contribution in [0.25, 0.3) is 0 Å². The summed E-state index contributed by atoms with van der Waals surface area (Å²) >= 11 is 1.48. The minimum absolute atomic E-state index is 0.0120. The van der Waals surface area contributed by atoms with Gasteiger partial charge in [-0.2, -0.15) is 11.8 Å². The van der Waals surface area contributed by atoms with Crippen molar-refractivity contribution in [2.45, 2.75) is 25.8 Å². The molecule has 128 valence electrons. The summed E-state index contributed by atoms with van der Waals surface area (Å²) in [6.45, 7) is 3.65. The molecule has 1 unspecified atom stereocenters. The summed E-state index contributed by atoms with van der Waals surface area (Å²) < 4.78 is 0. The molecule has 9 heteroatoms. The minimum atomic E-state index is -0.532. The Kier molecular flexibility index (Phi) is 12.3. The summed E-state index contributed by atoms with van der Waals surface area (Å²) in [5.74, 6) is 1.30. The summed E-state index contributed by atoms with van der Waals surface area (Å²) in [5.41, 5.74) is 11.3. The van der Waals surface area contributed by atoms with E-state index in [4.69, 9.17) is 11.5 Å². The molecule has 0 aliphatic rings. The van der Waals surface area contributed by atoms with Crippen molar-refractivity contribution in [2.75, 3.05) is 38.2 Å². The summed E-state index contributed by atoms with van der Waals surface area (Å²) in [4.78, 5) is 26.7. The van der Waals surface area contributed by atoms with E-state index in [0.717, 1.165) is 6.42 Å². The number of rotatable bonds is 11. The van der Waals surface area contributed by atoms with E-state index in [-0.39, 0.29) is 11.8 Å². The van der Waals surface area contributed by atoms with Crippen molar-refractivity contribution in [3.63, 3.8) is 0 Å². The Labute approximate surface area is 136 Å². The molecule has 22 heavy (non-hydrogen) atoms. The first-order valence-electron chi connectivity index (χ1n) is 7.35. The summed E-state index contributed by atoms with van der Waals surface area (Å²) in [6.07, 6.45) is 1.30. The molecule has 8 nitrogen and oxygen atoms in total. The molecule has 0 aliphatic carbocycles. The standard InChI is InChI=1S/C13H28N6O2S/c1-3-17-11(20)9-22-8-7-18-12(21)10(14)5-4-6-19-13(15)16-2/h10H,3-9,14H2,1-2H3,(H,17,20)(H,18,21)(H3,15,16,19). The van der Waals surface area contributed by atoms with Crippen molar-refractivity contribution < 1.29 is 9.59 Å². The number of thioether (sulfide) groups is 1. The van der Waals surface area contributed by atoms with Crippen molar-refractivity contribution in [1.29, 1.82) is 0 Å². The Morgan fingerprint density at radius 2 is 1.95 bits per heavy atom. The fourth-order valence-electron chi connectivity index (χ4n) is 1.54. The lowest BCUT2D eigenvalue weighted by Gasteiger charge is -2.12. The summed E-state index contributed by atoms with van der Waals surface area (Å²) in [7, 11) is 1.60. The van der Waals surface area contributed by atoms with Crippen LogP contribution in [0, 0.1) is 0 Å². The quantitative estimate of drug-likeness (QED) is 0.180. The molecule has 7 N–H and O–H groups in total. The summed E-state index contributed by atoms with van der Waals surface area (Å²) in [6, 6.07) is -0.532. The lowest BCUT2D eigenvalue weighted by atomic mass is 10.1. The Morgan fingerprint density at radius 1 is 1.23 bits per heavy atom. The van der Waals surface area contributed by atoms with Gasteiger partial charge >= 0.3 is 0 Å². The number of hydrogen-bond acceptors (Lipinski definition) is 5. The highest BCUT2D eigenvalue weighted by Gasteiger charge is 2.12.